The number of ether oxygens (including phenoxy) is 2. The van der Waals surface area contributed by atoms with Gasteiger partial charge in [-0.05, 0) is 36.1 Å². The molecule has 0 amide bonds. The Balaban J connectivity index is 2.18. The molecule has 2 rings (SSSR count). The van der Waals surface area contributed by atoms with Crippen LogP contribution in [0.5, 0.6) is 11.5 Å². The summed E-state index contributed by atoms with van der Waals surface area (Å²) in [6, 6.07) is 7.83. The van der Waals surface area contributed by atoms with Crippen LogP contribution in [0.3, 0.4) is 0 Å². The summed E-state index contributed by atoms with van der Waals surface area (Å²) in [6.45, 7) is 2.09. The first-order valence-corrected chi connectivity index (χ1v) is 7.12. The average molecular weight is 298 g/mol. The summed E-state index contributed by atoms with van der Waals surface area (Å²) in [4.78, 5) is 0. The van der Waals surface area contributed by atoms with E-state index in [1.807, 2.05) is 24.3 Å². The fourth-order valence-electron chi connectivity index (χ4n) is 1.78. The number of thiophene rings is 1. The molecule has 2 aromatic rings. The Bertz CT molecular complexity index is 556. The van der Waals surface area contributed by atoms with Crippen LogP contribution in [-0.4, -0.2) is 14.2 Å². The molecule has 1 heterocycles. The van der Waals surface area contributed by atoms with Gasteiger partial charge in [0.25, 0.3) is 0 Å². The minimum Gasteiger partial charge on any atom is -0.497 e. The van der Waals surface area contributed by atoms with Crippen molar-refractivity contribution in [2.24, 2.45) is 0 Å². The molecule has 1 unspecified atom stereocenters. The standard InChI is InChI=1S/C14H16ClNO2S/c1-9(10-6-14(15)19-8-10)16-12-5-4-11(17-2)7-13(12)18-3/h4-9,16H,1-3H3. The summed E-state index contributed by atoms with van der Waals surface area (Å²) >= 11 is 7.49. The van der Waals surface area contributed by atoms with Crippen molar-refractivity contribution in [1.29, 1.82) is 0 Å². The Morgan fingerprint density at radius 3 is 2.58 bits per heavy atom. The lowest BCUT2D eigenvalue weighted by Gasteiger charge is -2.17. The van der Waals surface area contributed by atoms with Crippen LogP contribution >= 0.6 is 22.9 Å². The zero-order chi connectivity index (χ0) is 13.8. The highest BCUT2D eigenvalue weighted by Crippen LogP contribution is 2.33. The van der Waals surface area contributed by atoms with Crippen LogP contribution in [0.4, 0.5) is 5.69 Å². The lowest BCUT2D eigenvalue weighted by Crippen LogP contribution is -2.06. The van der Waals surface area contributed by atoms with Crippen molar-refractivity contribution in [3.8, 4) is 11.5 Å². The SMILES string of the molecule is COc1ccc(NC(C)c2csc(Cl)c2)c(OC)c1. The molecule has 5 heteroatoms. The van der Waals surface area contributed by atoms with E-state index in [-0.39, 0.29) is 6.04 Å². The molecule has 1 aromatic carbocycles. The molecule has 1 N–H and O–H groups in total. The second-order valence-corrected chi connectivity index (χ2v) is 5.66. The number of anilines is 1. The van der Waals surface area contributed by atoms with Gasteiger partial charge >= 0.3 is 0 Å². The molecule has 0 fully saturated rings. The number of hydrogen-bond acceptors (Lipinski definition) is 4. The summed E-state index contributed by atoms with van der Waals surface area (Å²) in [5.41, 5.74) is 2.09. The Hall–Kier alpha value is -1.39. The molecule has 102 valence electrons. The highest BCUT2D eigenvalue weighted by Gasteiger charge is 2.11. The Morgan fingerprint density at radius 2 is 2.00 bits per heavy atom. The molecule has 0 aliphatic rings. The van der Waals surface area contributed by atoms with Gasteiger partial charge in [0.1, 0.15) is 11.5 Å². The third-order valence-electron chi connectivity index (χ3n) is 2.87. The highest BCUT2D eigenvalue weighted by molar-refractivity contribution is 7.14. The van der Waals surface area contributed by atoms with E-state index < -0.39 is 0 Å². The predicted molar refractivity (Wildman–Crippen MR) is 80.9 cm³/mol. The molecule has 0 saturated heterocycles. The molecule has 0 aliphatic heterocycles. The van der Waals surface area contributed by atoms with E-state index in [4.69, 9.17) is 21.1 Å². The summed E-state index contributed by atoms with van der Waals surface area (Å²) in [5.74, 6) is 1.53. The van der Waals surface area contributed by atoms with Gasteiger partial charge < -0.3 is 14.8 Å². The Morgan fingerprint density at radius 1 is 1.21 bits per heavy atom. The quantitative estimate of drug-likeness (QED) is 0.875. The van der Waals surface area contributed by atoms with E-state index >= 15 is 0 Å². The van der Waals surface area contributed by atoms with Crippen LogP contribution in [-0.2, 0) is 0 Å². The second-order valence-electron chi connectivity index (χ2n) is 4.12. The van der Waals surface area contributed by atoms with Crippen LogP contribution in [0.2, 0.25) is 4.34 Å². The Labute approximate surface area is 122 Å². The minimum atomic E-state index is 0.158. The second kappa shape index (κ2) is 6.17. The first-order chi connectivity index (χ1) is 9.13. The highest BCUT2D eigenvalue weighted by atomic mass is 35.5. The zero-order valence-corrected chi connectivity index (χ0v) is 12.6. The van der Waals surface area contributed by atoms with Gasteiger partial charge in [-0.25, -0.2) is 0 Å². The zero-order valence-electron chi connectivity index (χ0n) is 11.1. The molecular formula is C14H16ClNO2S. The number of rotatable bonds is 5. The maximum absolute atomic E-state index is 5.96. The van der Waals surface area contributed by atoms with Gasteiger partial charge in [-0.1, -0.05) is 11.6 Å². The van der Waals surface area contributed by atoms with Crippen LogP contribution in [0.1, 0.15) is 18.5 Å². The largest absolute Gasteiger partial charge is 0.497 e. The molecule has 0 radical (unpaired) electrons. The van der Waals surface area contributed by atoms with Crippen molar-refractivity contribution in [2.45, 2.75) is 13.0 Å². The molecular weight excluding hydrogens is 282 g/mol. The number of hydrogen-bond donors (Lipinski definition) is 1. The van der Waals surface area contributed by atoms with Gasteiger partial charge in [0.2, 0.25) is 0 Å². The molecule has 0 aliphatic carbocycles. The maximum Gasteiger partial charge on any atom is 0.145 e. The van der Waals surface area contributed by atoms with E-state index in [2.05, 4.69) is 17.6 Å². The monoisotopic (exact) mass is 297 g/mol. The van der Waals surface area contributed by atoms with E-state index in [1.165, 1.54) is 11.3 Å². The third kappa shape index (κ3) is 3.33. The first-order valence-electron chi connectivity index (χ1n) is 5.86. The molecule has 0 saturated carbocycles. The van der Waals surface area contributed by atoms with E-state index in [9.17, 15) is 0 Å². The fraction of sp³-hybridized carbons (Fsp3) is 0.286. The molecule has 19 heavy (non-hydrogen) atoms. The predicted octanol–water partition coefficient (Wildman–Crippen LogP) is 4.59. The smallest absolute Gasteiger partial charge is 0.145 e. The minimum absolute atomic E-state index is 0.158. The van der Waals surface area contributed by atoms with Crippen LogP contribution in [0.15, 0.2) is 29.6 Å². The van der Waals surface area contributed by atoms with Gasteiger partial charge in [-0.2, -0.15) is 0 Å². The number of halogens is 1. The van der Waals surface area contributed by atoms with Gasteiger partial charge in [-0.15, -0.1) is 11.3 Å². The number of benzene rings is 1. The van der Waals surface area contributed by atoms with Gasteiger partial charge in [-0.3, -0.25) is 0 Å². The third-order valence-corrected chi connectivity index (χ3v) is 3.98. The van der Waals surface area contributed by atoms with Gasteiger partial charge in [0.05, 0.1) is 24.2 Å². The van der Waals surface area contributed by atoms with E-state index in [0.29, 0.717) is 0 Å². The fourth-order valence-corrected chi connectivity index (χ4v) is 2.77. The van der Waals surface area contributed by atoms with Crippen molar-refractivity contribution in [3.63, 3.8) is 0 Å². The van der Waals surface area contributed by atoms with Crippen molar-refractivity contribution in [1.82, 2.24) is 0 Å². The lowest BCUT2D eigenvalue weighted by atomic mass is 10.1. The van der Waals surface area contributed by atoms with E-state index in [1.54, 1.807) is 14.2 Å². The van der Waals surface area contributed by atoms with Gasteiger partial charge in [0, 0.05) is 12.1 Å². The Kier molecular flexibility index (Phi) is 4.56. The van der Waals surface area contributed by atoms with Crippen molar-refractivity contribution < 1.29 is 9.47 Å². The molecule has 1 atom stereocenters. The van der Waals surface area contributed by atoms with Crippen molar-refractivity contribution in [3.05, 3.63) is 39.5 Å². The molecule has 1 aromatic heterocycles. The van der Waals surface area contributed by atoms with Crippen molar-refractivity contribution >= 4 is 28.6 Å². The van der Waals surface area contributed by atoms with Gasteiger partial charge in [0.15, 0.2) is 0 Å². The number of methoxy groups -OCH3 is 2. The number of nitrogens with one attached hydrogen (secondary N) is 1. The summed E-state index contributed by atoms with van der Waals surface area (Å²) in [7, 11) is 3.28. The molecule has 3 nitrogen and oxygen atoms in total. The molecule has 0 bridgehead atoms. The summed E-state index contributed by atoms with van der Waals surface area (Å²) in [6.07, 6.45) is 0. The summed E-state index contributed by atoms with van der Waals surface area (Å²) < 4.78 is 11.3. The topological polar surface area (TPSA) is 30.5 Å². The van der Waals surface area contributed by atoms with Crippen LogP contribution in [0.25, 0.3) is 0 Å². The molecule has 0 spiro atoms. The van der Waals surface area contributed by atoms with Crippen molar-refractivity contribution in [2.75, 3.05) is 19.5 Å². The maximum atomic E-state index is 5.96. The lowest BCUT2D eigenvalue weighted by molar-refractivity contribution is 0.395. The summed E-state index contributed by atoms with van der Waals surface area (Å²) in [5, 5.41) is 5.46. The van der Waals surface area contributed by atoms with Crippen LogP contribution < -0.4 is 14.8 Å². The van der Waals surface area contributed by atoms with E-state index in [0.717, 1.165) is 27.1 Å². The average Bonchev–Trinajstić information content (AvgIpc) is 2.86. The normalized spacial score (nSPS) is 12.0. The first kappa shape index (κ1) is 14.0. The van der Waals surface area contributed by atoms with Crippen LogP contribution in [0, 0.1) is 0 Å².